The average Bonchev–Trinajstić information content (AvgIpc) is 2.99. The summed E-state index contributed by atoms with van der Waals surface area (Å²) in [6.45, 7) is 4.07. The highest BCUT2D eigenvalue weighted by Crippen LogP contribution is 2.31. The average molecular weight is 343 g/mol. The third kappa shape index (κ3) is 3.36. The fraction of sp³-hybridized carbons (Fsp3) is 0.263. The fourth-order valence-corrected chi connectivity index (χ4v) is 3.83. The first kappa shape index (κ1) is 16.7. The molecule has 1 atom stereocenters. The highest BCUT2D eigenvalue weighted by molar-refractivity contribution is 8.00. The predicted molar refractivity (Wildman–Crippen MR) is 94.2 cm³/mol. The minimum atomic E-state index is -0.285. The SMILES string of the molecule is CC(=O)N1CCc2cc(C(=O)[C@H](C)Sc3ccc(F)cc3)ccc21. The summed E-state index contributed by atoms with van der Waals surface area (Å²) in [5.74, 6) is -0.228. The number of ketones is 1. The van der Waals surface area contributed by atoms with Crippen molar-refractivity contribution in [2.24, 2.45) is 0 Å². The van der Waals surface area contributed by atoms with Crippen molar-refractivity contribution >= 4 is 29.1 Å². The van der Waals surface area contributed by atoms with E-state index in [-0.39, 0.29) is 22.8 Å². The standard InChI is InChI=1S/C19H18FNO2S/c1-12(24-17-6-4-16(20)5-7-17)19(23)15-3-8-18-14(11-15)9-10-21(18)13(2)22/h3-8,11-12H,9-10H2,1-2H3/t12-/m0/s1. The highest BCUT2D eigenvalue weighted by atomic mass is 32.2. The first-order chi connectivity index (χ1) is 11.5. The maximum atomic E-state index is 13.0. The van der Waals surface area contributed by atoms with Crippen LogP contribution in [0, 0.1) is 5.82 Å². The van der Waals surface area contributed by atoms with E-state index in [4.69, 9.17) is 0 Å². The van der Waals surface area contributed by atoms with Crippen molar-refractivity contribution in [2.45, 2.75) is 30.4 Å². The summed E-state index contributed by atoms with van der Waals surface area (Å²) in [5.41, 5.74) is 2.59. The molecule has 3 nitrogen and oxygen atoms in total. The zero-order valence-corrected chi connectivity index (χ0v) is 14.4. The van der Waals surface area contributed by atoms with Crippen LogP contribution in [-0.4, -0.2) is 23.5 Å². The van der Waals surface area contributed by atoms with Gasteiger partial charge in [-0.1, -0.05) is 0 Å². The molecule has 0 bridgehead atoms. The molecule has 124 valence electrons. The fourth-order valence-electron chi connectivity index (χ4n) is 2.89. The molecule has 0 N–H and O–H groups in total. The van der Waals surface area contributed by atoms with Gasteiger partial charge in [-0.25, -0.2) is 4.39 Å². The Morgan fingerprint density at radius 2 is 1.88 bits per heavy atom. The van der Waals surface area contributed by atoms with Gasteiger partial charge in [0.2, 0.25) is 5.91 Å². The smallest absolute Gasteiger partial charge is 0.223 e. The summed E-state index contributed by atoms with van der Waals surface area (Å²) in [6, 6.07) is 11.7. The second-order valence-corrected chi connectivity index (χ2v) is 7.26. The Bertz CT molecular complexity index is 788. The first-order valence-corrected chi connectivity index (χ1v) is 8.71. The van der Waals surface area contributed by atoms with Crippen LogP contribution in [0.5, 0.6) is 0 Å². The molecule has 24 heavy (non-hydrogen) atoms. The van der Waals surface area contributed by atoms with Gasteiger partial charge < -0.3 is 4.90 Å². The zero-order valence-electron chi connectivity index (χ0n) is 13.6. The van der Waals surface area contributed by atoms with E-state index in [9.17, 15) is 14.0 Å². The zero-order chi connectivity index (χ0) is 17.3. The molecule has 0 aromatic heterocycles. The lowest BCUT2D eigenvalue weighted by Gasteiger charge is -2.15. The second-order valence-electron chi connectivity index (χ2n) is 5.84. The number of fused-ring (bicyclic) bond motifs is 1. The maximum absolute atomic E-state index is 13.0. The number of rotatable bonds is 4. The molecule has 0 spiro atoms. The summed E-state index contributed by atoms with van der Waals surface area (Å²) in [5, 5.41) is -0.265. The Balaban J connectivity index is 1.75. The normalized spacial score (nSPS) is 14.4. The Morgan fingerprint density at radius 3 is 2.54 bits per heavy atom. The molecule has 0 saturated heterocycles. The predicted octanol–water partition coefficient (Wildman–Crippen LogP) is 4.10. The third-order valence-corrected chi connectivity index (χ3v) is 5.25. The van der Waals surface area contributed by atoms with Crippen LogP contribution in [0.4, 0.5) is 10.1 Å². The highest BCUT2D eigenvalue weighted by Gasteiger charge is 2.24. The minimum absolute atomic E-state index is 0.0214. The van der Waals surface area contributed by atoms with Gasteiger partial charge in [-0.3, -0.25) is 9.59 Å². The molecule has 5 heteroatoms. The molecular formula is C19H18FNO2S. The van der Waals surface area contributed by atoms with Crippen LogP contribution in [-0.2, 0) is 11.2 Å². The molecule has 0 radical (unpaired) electrons. The van der Waals surface area contributed by atoms with Gasteiger partial charge in [0.1, 0.15) is 5.82 Å². The quantitative estimate of drug-likeness (QED) is 0.620. The van der Waals surface area contributed by atoms with Crippen LogP contribution in [0.2, 0.25) is 0 Å². The summed E-state index contributed by atoms with van der Waals surface area (Å²) >= 11 is 1.41. The molecule has 1 aliphatic heterocycles. The number of amides is 1. The summed E-state index contributed by atoms with van der Waals surface area (Å²) in [4.78, 5) is 26.8. The van der Waals surface area contributed by atoms with Gasteiger partial charge in [-0.2, -0.15) is 0 Å². The Morgan fingerprint density at radius 1 is 1.17 bits per heavy atom. The van der Waals surface area contributed by atoms with Crippen LogP contribution >= 0.6 is 11.8 Å². The van der Waals surface area contributed by atoms with E-state index in [0.29, 0.717) is 12.1 Å². The number of Topliss-reactive ketones (excluding diaryl/α,β-unsaturated/α-hetero) is 1. The topological polar surface area (TPSA) is 37.4 Å². The van der Waals surface area contributed by atoms with Crippen LogP contribution < -0.4 is 4.90 Å². The van der Waals surface area contributed by atoms with E-state index >= 15 is 0 Å². The summed E-state index contributed by atoms with van der Waals surface area (Å²) in [6.07, 6.45) is 0.773. The molecule has 0 saturated carbocycles. The maximum Gasteiger partial charge on any atom is 0.223 e. The van der Waals surface area contributed by atoms with Crippen molar-refractivity contribution in [3.05, 3.63) is 59.4 Å². The van der Waals surface area contributed by atoms with E-state index in [0.717, 1.165) is 22.6 Å². The van der Waals surface area contributed by atoms with Gasteiger partial charge in [-0.15, -0.1) is 11.8 Å². The number of halogens is 1. The van der Waals surface area contributed by atoms with E-state index in [1.165, 1.54) is 23.9 Å². The molecule has 2 aromatic carbocycles. The van der Waals surface area contributed by atoms with Gasteiger partial charge in [0.05, 0.1) is 5.25 Å². The molecule has 1 heterocycles. The molecule has 0 unspecified atom stereocenters. The Kier molecular flexibility index (Phi) is 4.71. The van der Waals surface area contributed by atoms with Crippen LogP contribution in [0.3, 0.4) is 0 Å². The Hall–Kier alpha value is -2.14. The third-order valence-electron chi connectivity index (χ3n) is 4.14. The first-order valence-electron chi connectivity index (χ1n) is 7.83. The van der Waals surface area contributed by atoms with Crippen molar-refractivity contribution in [1.82, 2.24) is 0 Å². The van der Waals surface area contributed by atoms with Gasteiger partial charge in [0, 0.05) is 29.6 Å². The van der Waals surface area contributed by atoms with Crippen LogP contribution in [0.1, 0.15) is 29.8 Å². The van der Waals surface area contributed by atoms with Crippen molar-refractivity contribution in [3.63, 3.8) is 0 Å². The molecular weight excluding hydrogens is 325 g/mol. The van der Waals surface area contributed by atoms with Crippen LogP contribution in [0.15, 0.2) is 47.4 Å². The number of nitrogens with zero attached hydrogens (tertiary/aromatic N) is 1. The monoisotopic (exact) mass is 343 g/mol. The molecule has 1 aliphatic rings. The van der Waals surface area contributed by atoms with Gasteiger partial charge in [-0.05, 0) is 61.4 Å². The second kappa shape index (κ2) is 6.77. The lowest BCUT2D eigenvalue weighted by molar-refractivity contribution is -0.116. The van der Waals surface area contributed by atoms with Crippen molar-refractivity contribution in [2.75, 3.05) is 11.4 Å². The lowest BCUT2D eigenvalue weighted by atomic mass is 10.0. The Labute approximate surface area is 144 Å². The number of hydrogen-bond acceptors (Lipinski definition) is 3. The van der Waals surface area contributed by atoms with Crippen LogP contribution in [0.25, 0.3) is 0 Å². The molecule has 3 rings (SSSR count). The summed E-state index contributed by atoms with van der Waals surface area (Å²) in [7, 11) is 0. The van der Waals surface area contributed by atoms with E-state index in [1.54, 1.807) is 30.0 Å². The molecule has 2 aromatic rings. The van der Waals surface area contributed by atoms with Crippen molar-refractivity contribution in [1.29, 1.82) is 0 Å². The molecule has 0 aliphatic carbocycles. The number of benzene rings is 2. The largest absolute Gasteiger partial charge is 0.312 e. The van der Waals surface area contributed by atoms with Gasteiger partial charge >= 0.3 is 0 Å². The number of carbonyl (C=O) groups is 2. The number of thioether (sulfide) groups is 1. The molecule has 1 amide bonds. The van der Waals surface area contributed by atoms with E-state index < -0.39 is 0 Å². The lowest BCUT2D eigenvalue weighted by Crippen LogP contribution is -2.25. The number of hydrogen-bond donors (Lipinski definition) is 0. The number of anilines is 1. The summed E-state index contributed by atoms with van der Waals surface area (Å²) < 4.78 is 13.0. The van der Waals surface area contributed by atoms with Crippen molar-refractivity contribution in [3.8, 4) is 0 Å². The van der Waals surface area contributed by atoms with Gasteiger partial charge in [0.15, 0.2) is 5.78 Å². The van der Waals surface area contributed by atoms with Gasteiger partial charge in [0.25, 0.3) is 0 Å². The minimum Gasteiger partial charge on any atom is -0.312 e. The van der Waals surface area contributed by atoms with E-state index in [2.05, 4.69) is 0 Å². The molecule has 0 fully saturated rings. The van der Waals surface area contributed by atoms with Crippen molar-refractivity contribution < 1.29 is 14.0 Å². The number of carbonyl (C=O) groups excluding carboxylic acids is 2. The van der Waals surface area contributed by atoms with E-state index in [1.807, 2.05) is 19.1 Å².